The molecule has 2 heterocycles. The summed E-state index contributed by atoms with van der Waals surface area (Å²) in [5, 5.41) is 0.338. The molecule has 1 fully saturated rings. The zero-order chi connectivity index (χ0) is 26.5. The lowest BCUT2D eigenvalue weighted by molar-refractivity contribution is -0.129. The molecule has 8 nitrogen and oxygen atoms in total. The third-order valence-electron chi connectivity index (χ3n) is 6.65. The molecule has 4 aromatic rings. The number of aromatic nitrogens is 1. The first-order valence-electron chi connectivity index (χ1n) is 12.4. The van der Waals surface area contributed by atoms with Gasteiger partial charge in [-0.2, -0.15) is 0 Å². The van der Waals surface area contributed by atoms with Crippen LogP contribution in [0.1, 0.15) is 18.4 Å². The third-order valence-corrected chi connectivity index (χ3v) is 8.84. The van der Waals surface area contributed by atoms with Crippen LogP contribution in [0, 0.1) is 5.92 Å². The molecule has 0 atom stereocenters. The topological polar surface area (TPSA) is 102 Å². The van der Waals surface area contributed by atoms with Crippen LogP contribution in [0.5, 0.6) is 5.75 Å². The lowest BCUT2D eigenvalue weighted by atomic mass is 9.90. The zero-order valence-corrected chi connectivity index (χ0v) is 22.6. The van der Waals surface area contributed by atoms with Gasteiger partial charge >= 0.3 is 0 Å². The van der Waals surface area contributed by atoms with Crippen LogP contribution < -0.4 is 9.46 Å². The van der Waals surface area contributed by atoms with Crippen molar-refractivity contribution in [1.29, 1.82) is 0 Å². The van der Waals surface area contributed by atoms with E-state index >= 15 is 0 Å². The first kappa shape index (κ1) is 26.1. The molecule has 0 unspecified atom stereocenters. The van der Waals surface area contributed by atoms with E-state index in [2.05, 4.69) is 34.0 Å². The maximum absolute atomic E-state index is 12.9. The molecule has 0 saturated carbocycles. The van der Waals surface area contributed by atoms with Crippen LogP contribution in [0.3, 0.4) is 0 Å². The number of carbonyl (C=O) groups is 1. The molecule has 5 rings (SSSR count). The van der Waals surface area contributed by atoms with Gasteiger partial charge in [-0.3, -0.25) is 9.52 Å². The molecule has 0 spiro atoms. The van der Waals surface area contributed by atoms with Crippen LogP contribution in [0.15, 0.2) is 87.3 Å². The van der Waals surface area contributed by atoms with Gasteiger partial charge in [-0.15, -0.1) is 0 Å². The monoisotopic (exact) mass is 551 g/mol. The van der Waals surface area contributed by atoms with E-state index in [0.717, 1.165) is 32.4 Å². The number of nitrogens with zero attached hydrogens (tertiary/aromatic N) is 2. The minimum Gasteiger partial charge on any atom is -0.497 e. The molecule has 1 aromatic heterocycles. The molecule has 1 N–H and O–H groups in total. The molecule has 1 saturated heterocycles. The van der Waals surface area contributed by atoms with Gasteiger partial charge < -0.3 is 14.1 Å². The number of ether oxygens (including phenoxy) is 1. The molecule has 1 amide bonds. The molecule has 10 heteroatoms. The van der Waals surface area contributed by atoms with Crippen LogP contribution in [0.2, 0.25) is 0 Å². The zero-order valence-electron chi connectivity index (χ0n) is 21.0. The highest BCUT2D eigenvalue weighted by atomic mass is 32.2. The minimum atomic E-state index is -3.82. The summed E-state index contributed by atoms with van der Waals surface area (Å²) in [6, 6.07) is 21.6. The maximum Gasteiger partial charge on any atom is 0.261 e. The van der Waals surface area contributed by atoms with E-state index < -0.39 is 10.0 Å². The summed E-state index contributed by atoms with van der Waals surface area (Å²) in [5.41, 5.74) is 2.64. The number of carbonyl (C=O) groups excluding carboxylic acids is 1. The number of hydrogen-bond acceptors (Lipinski definition) is 7. The second kappa shape index (κ2) is 11.5. The number of fused-ring (bicyclic) bond motifs is 1. The molecule has 3 aromatic carbocycles. The van der Waals surface area contributed by atoms with Gasteiger partial charge in [-0.05, 0) is 73.2 Å². The number of oxazole rings is 1. The Morgan fingerprint density at radius 1 is 1.08 bits per heavy atom. The summed E-state index contributed by atoms with van der Waals surface area (Å²) in [5.74, 6) is 1.51. The Morgan fingerprint density at radius 3 is 2.53 bits per heavy atom. The molecule has 38 heavy (non-hydrogen) atoms. The van der Waals surface area contributed by atoms with E-state index in [1.165, 1.54) is 29.5 Å². The van der Waals surface area contributed by atoms with Crippen molar-refractivity contribution in [2.24, 2.45) is 5.92 Å². The van der Waals surface area contributed by atoms with Gasteiger partial charge in [0.15, 0.2) is 5.58 Å². The number of piperidine rings is 1. The average Bonchev–Trinajstić information content (AvgIpc) is 3.35. The van der Waals surface area contributed by atoms with Crippen molar-refractivity contribution in [3.63, 3.8) is 0 Å². The number of anilines is 1. The molecule has 0 radical (unpaired) electrons. The summed E-state index contributed by atoms with van der Waals surface area (Å²) in [6.07, 6.45) is 3.04. The number of thioether (sulfide) groups is 1. The maximum atomic E-state index is 12.9. The fraction of sp³-hybridized carbons (Fsp3) is 0.286. The summed E-state index contributed by atoms with van der Waals surface area (Å²) < 4.78 is 39.1. The van der Waals surface area contributed by atoms with E-state index in [1.54, 1.807) is 37.4 Å². The van der Waals surface area contributed by atoms with Gasteiger partial charge in [-0.1, -0.05) is 42.1 Å². The highest BCUT2D eigenvalue weighted by Crippen LogP contribution is 2.28. The molecular formula is C28H29N3O5S2. The molecule has 1 aliphatic heterocycles. The summed E-state index contributed by atoms with van der Waals surface area (Å²) in [4.78, 5) is 19.2. The second-order valence-corrected chi connectivity index (χ2v) is 11.9. The van der Waals surface area contributed by atoms with Crippen LogP contribution in [-0.2, 0) is 21.2 Å². The fourth-order valence-corrected chi connectivity index (χ4v) is 6.36. The highest BCUT2D eigenvalue weighted by Gasteiger charge is 2.24. The number of amides is 1. The van der Waals surface area contributed by atoms with E-state index in [0.29, 0.717) is 33.7 Å². The summed E-state index contributed by atoms with van der Waals surface area (Å²) in [6.45, 7) is 1.51. The van der Waals surface area contributed by atoms with Gasteiger partial charge in [0.25, 0.3) is 15.2 Å². The fourth-order valence-electron chi connectivity index (χ4n) is 4.54. The lowest BCUT2D eigenvalue weighted by Crippen LogP contribution is -2.39. The van der Waals surface area contributed by atoms with Gasteiger partial charge in [0.1, 0.15) is 11.3 Å². The van der Waals surface area contributed by atoms with Crippen LogP contribution in [0.25, 0.3) is 11.1 Å². The van der Waals surface area contributed by atoms with Crippen molar-refractivity contribution in [3.8, 4) is 5.75 Å². The third kappa shape index (κ3) is 6.31. The van der Waals surface area contributed by atoms with Crippen molar-refractivity contribution in [2.45, 2.75) is 29.4 Å². The van der Waals surface area contributed by atoms with Gasteiger partial charge in [-0.25, -0.2) is 13.4 Å². The Labute approximate surface area is 226 Å². The number of rotatable bonds is 9. The Hall–Kier alpha value is -3.50. The average molecular weight is 552 g/mol. The van der Waals surface area contributed by atoms with Crippen LogP contribution in [0.4, 0.5) is 5.69 Å². The smallest absolute Gasteiger partial charge is 0.261 e. The molecular weight excluding hydrogens is 522 g/mol. The van der Waals surface area contributed by atoms with E-state index in [-0.39, 0.29) is 16.6 Å². The van der Waals surface area contributed by atoms with E-state index in [4.69, 9.17) is 9.15 Å². The lowest BCUT2D eigenvalue weighted by Gasteiger charge is -2.32. The van der Waals surface area contributed by atoms with Crippen molar-refractivity contribution in [3.05, 3.63) is 78.4 Å². The minimum absolute atomic E-state index is 0.0578. The van der Waals surface area contributed by atoms with Crippen molar-refractivity contribution >= 4 is 44.5 Å². The first-order chi connectivity index (χ1) is 18.4. The number of nitrogens with one attached hydrogen (secondary N) is 1. The molecule has 198 valence electrons. The Balaban J connectivity index is 1.16. The standard InChI is InChI=1S/C28H29N3O5S2/c1-35-23-9-7-22(8-10-23)30-38(33,34)24-11-12-26-25(18-24)29-28(36-26)37-19-27(32)31-15-13-21(14-16-31)17-20-5-3-2-4-6-20/h2-12,18,21,30H,13-17,19H2,1H3. The number of methoxy groups -OCH3 is 1. The predicted octanol–water partition coefficient (Wildman–Crippen LogP) is 5.21. The largest absolute Gasteiger partial charge is 0.497 e. The molecule has 0 bridgehead atoms. The van der Waals surface area contributed by atoms with Crippen molar-refractivity contribution in [2.75, 3.05) is 30.7 Å². The van der Waals surface area contributed by atoms with Gasteiger partial charge in [0, 0.05) is 18.8 Å². The van der Waals surface area contributed by atoms with Crippen LogP contribution in [-0.4, -0.2) is 50.2 Å². The second-order valence-electron chi connectivity index (χ2n) is 9.25. The SMILES string of the molecule is COc1ccc(NS(=O)(=O)c2ccc3oc(SCC(=O)N4CCC(Cc5ccccc5)CC4)nc3c2)cc1. The Morgan fingerprint density at radius 2 is 1.82 bits per heavy atom. The quantitative estimate of drug-likeness (QED) is 0.285. The summed E-state index contributed by atoms with van der Waals surface area (Å²) in [7, 11) is -2.27. The number of likely N-dealkylation sites (tertiary alicyclic amines) is 1. The normalized spacial score (nSPS) is 14.5. The highest BCUT2D eigenvalue weighted by molar-refractivity contribution is 7.99. The van der Waals surface area contributed by atoms with Crippen molar-refractivity contribution < 1.29 is 22.4 Å². The Bertz CT molecular complexity index is 1500. The van der Waals surface area contributed by atoms with Gasteiger partial charge in [0.05, 0.1) is 17.8 Å². The Kier molecular flexibility index (Phi) is 7.90. The van der Waals surface area contributed by atoms with Gasteiger partial charge in [0.2, 0.25) is 5.91 Å². The molecule has 0 aliphatic carbocycles. The predicted molar refractivity (Wildman–Crippen MR) is 148 cm³/mol. The van der Waals surface area contributed by atoms with Crippen LogP contribution >= 0.6 is 11.8 Å². The number of hydrogen-bond donors (Lipinski definition) is 1. The number of benzene rings is 3. The first-order valence-corrected chi connectivity index (χ1v) is 14.9. The molecule has 1 aliphatic rings. The van der Waals surface area contributed by atoms with Crippen molar-refractivity contribution in [1.82, 2.24) is 9.88 Å². The van der Waals surface area contributed by atoms with E-state index in [1.807, 2.05) is 11.0 Å². The summed E-state index contributed by atoms with van der Waals surface area (Å²) >= 11 is 1.22. The number of sulfonamides is 1. The van der Waals surface area contributed by atoms with E-state index in [9.17, 15) is 13.2 Å².